The van der Waals surface area contributed by atoms with E-state index in [-0.39, 0.29) is 12.1 Å². The van der Waals surface area contributed by atoms with Crippen LogP contribution in [0, 0.1) is 11.3 Å². The lowest BCUT2D eigenvalue weighted by atomic mass is 10.1. The number of fused-ring (bicyclic) bond motifs is 1. The van der Waals surface area contributed by atoms with Crippen molar-refractivity contribution in [3.8, 4) is 6.07 Å². The lowest BCUT2D eigenvalue weighted by Gasteiger charge is -2.07. The van der Waals surface area contributed by atoms with Crippen molar-refractivity contribution in [3.05, 3.63) is 82.5 Å². The van der Waals surface area contributed by atoms with E-state index in [0.717, 1.165) is 22.0 Å². The van der Waals surface area contributed by atoms with Gasteiger partial charge in [-0.3, -0.25) is 9.78 Å². The maximum atomic E-state index is 12.3. The quantitative estimate of drug-likeness (QED) is 0.570. The highest BCUT2D eigenvalue weighted by Gasteiger charge is 2.10. The SMILES string of the molecule is N#CC(=Cc1ccnc2ccccc12)C(=O)NCc1ccccc1Cl. The predicted octanol–water partition coefficient (Wildman–Crippen LogP) is 4.11. The van der Waals surface area contributed by atoms with Gasteiger partial charge in [-0.25, -0.2) is 0 Å². The topological polar surface area (TPSA) is 65.8 Å². The number of para-hydroxylation sites is 1. The van der Waals surface area contributed by atoms with Crippen LogP contribution in [0.5, 0.6) is 0 Å². The summed E-state index contributed by atoms with van der Waals surface area (Å²) in [4.78, 5) is 16.6. The molecule has 0 aliphatic carbocycles. The predicted molar refractivity (Wildman–Crippen MR) is 98.6 cm³/mol. The lowest BCUT2D eigenvalue weighted by molar-refractivity contribution is -0.117. The molecule has 5 heteroatoms. The van der Waals surface area contributed by atoms with Crippen molar-refractivity contribution in [2.45, 2.75) is 6.54 Å². The molecule has 0 fully saturated rings. The number of nitrogens with one attached hydrogen (secondary N) is 1. The maximum absolute atomic E-state index is 12.3. The van der Waals surface area contributed by atoms with Gasteiger partial charge in [-0.05, 0) is 35.4 Å². The largest absolute Gasteiger partial charge is 0.347 e. The number of nitriles is 1. The zero-order chi connectivity index (χ0) is 17.6. The third-order valence-electron chi connectivity index (χ3n) is 3.74. The molecule has 0 unspecified atom stereocenters. The number of nitrogens with zero attached hydrogens (tertiary/aromatic N) is 2. The van der Waals surface area contributed by atoms with Crippen molar-refractivity contribution < 1.29 is 4.79 Å². The molecule has 3 aromatic rings. The minimum absolute atomic E-state index is 0.0309. The van der Waals surface area contributed by atoms with Gasteiger partial charge in [0.2, 0.25) is 0 Å². The van der Waals surface area contributed by atoms with Gasteiger partial charge < -0.3 is 5.32 Å². The van der Waals surface area contributed by atoms with Gasteiger partial charge in [0.15, 0.2) is 0 Å². The van der Waals surface area contributed by atoms with Crippen molar-refractivity contribution in [2.24, 2.45) is 0 Å². The van der Waals surface area contributed by atoms with Crippen LogP contribution >= 0.6 is 11.6 Å². The van der Waals surface area contributed by atoms with Crippen molar-refractivity contribution in [3.63, 3.8) is 0 Å². The smallest absolute Gasteiger partial charge is 0.262 e. The molecule has 0 atom stereocenters. The number of benzene rings is 2. The minimum atomic E-state index is -0.441. The molecule has 0 aliphatic heterocycles. The third-order valence-corrected chi connectivity index (χ3v) is 4.11. The Morgan fingerprint density at radius 2 is 1.92 bits per heavy atom. The van der Waals surface area contributed by atoms with E-state index in [1.165, 1.54) is 0 Å². The molecule has 3 rings (SSSR count). The van der Waals surface area contributed by atoms with Gasteiger partial charge in [-0.1, -0.05) is 48.0 Å². The van der Waals surface area contributed by atoms with E-state index in [1.807, 2.05) is 48.5 Å². The first kappa shape index (κ1) is 16.7. The third kappa shape index (κ3) is 3.85. The van der Waals surface area contributed by atoms with Gasteiger partial charge in [-0.2, -0.15) is 5.26 Å². The van der Waals surface area contributed by atoms with E-state index in [2.05, 4.69) is 10.3 Å². The molecule has 1 aromatic heterocycles. The summed E-state index contributed by atoms with van der Waals surface area (Å²) in [7, 11) is 0. The van der Waals surface area contributed by atoms with Crippen LogP contribution < -0.4 is 5.32 Å². The normalized spacial score (nSPS) is 11.1. The van der Waals surface area contributed by atoms with E-state index < -0.39 is 5.91 Å². The summed E-state index contributed by atoms with van der Waals surface area (Å²) in [5, 5.41) is 13.6. The second-order valence-corrected chi connectivity index (χ2v) is 5.77. The Balaban J connectivity index is 1.84. The first-order chi connectivity index (χ1) is 12.2. The highest BCUT2D eigenvalue weighted by atomic mass is 35.5. The number of halogens is 1. The monoisotopic (exact) mass is 347 g/mol. The zero-order valence-electron chi connectivity index (χ0n) is 13.2. The second-order valence-electron chi connectivity index (χ2n) is 5.36. The number of carbonyl (C=O) groups is 1. The van der Waals surface area contributed by atoms with Crippen LogP contribution in [0.1, 0.15) is 11.1 Å². The summed E-state index contributed by atoms with van der Waals surface area (Å²) in [6, 6.07) is 18.6. The van der Waals surface area contributed by atoms with Crippen molar-refractivity contribution in [1.29, 1.82) is 5.26 Å². The second kappa shape index (κ2) is 7.61. The molecule has 0 saturated heterocycles. The van der Waals surface area contributed by atoms with Crippen LogP contribution in [0.4, 0.5) is 0 Å². The van der Waals surface area contributed by atoms with Gasteiger partial charge in [0.05, 0.1) is 5.52 Å². The maximum Gasteiger partial charge on any atom is 0.262 e. The molecule has 0 spiro atoms. The van der Waals surface area contributed by atoms with E-state index in [4.69, 9.17) is 11.6 Å². The number of hydrogen-bond donors (Lipinski definition) is 1. The molecule has 0 aliphatic rings. The van der Waals surface area contributed by atoms with Gasteiger partial charge in [0.25, 0.3) is 5.91 Å². The van der Waals surface area contributed by atoms with E-state index in [0.29, 0.717) is 5.02 Å². The first-order valence-corrected chi connectivity index (χ1v) is 8.04. The molecule has 0 saturated carbocycles. The Bertz CT molecular complexity index is 1000. The molecule has 25 heavy (non-hydrogen) atoms. The van der Waals surface area contributed by atoms with Crippen LogP contribution in [0.2, 0.25) is 5.02 Å². The molecule has 2 aromatic carbocycles. The zero-order valence-corrected chi connectivity index (χ0v) is 14.0. The van der Waals surface area contributed by atoms with E-state index in [9.17, 15) is 10.1 Å². The highest BCUT2D eigenvalue weighted by molar-refractivity contribution is 6.31. The van der Waals surface area contributed by atoms with E-state index >= 15 is 0 Å². The number of aromatic nitrogens is 1. The molecule has 4 nitrogen and oxygen atoms in total. The fourth-order valence-corrected chi connectivity index (χ4v) is 2.66. The molecule has 1 heterocycles. The van der Waals surface area contributed by atoms with Crippen molar-refractivity contribution >= 4 is 34.5 Å². The Kier molecular flexibility index (Phi) is 5.08. The summed E-state index contributed by atoms with van der Waals surface area (Å²) in [5.41, 5.74) is 2.41. The summed E-state index contributed by atoms with van der Waals surface area (Å²) in [6.07, 6.45) is 3.23. The van der Waals surface area contributed by atoms with Gasteiger partial charge in [-0.15, -0.1) is 0 Å². The highest BCUT2D eigenvalue weighted by Crippen LogP contribution is 2.19. The van der Waals surface area contributed by atoms with Gasteiger partial charge in [0, 0.05) is 23.2 Å². The Morgan fingerprint density at radius 1 is 1.16 bits per heavy atom. The van der Waals surface area contributed by atoms with Crippen LogP contribution in [0.15, 0.2) is 66.4 Å². The molecule has 122 valence electrons. The average Bonchev–Trinajstić information content (AvgIpc) is 2.65. The lowest BCUT2D eigenvalue weighted by Crippen LogP contribution is -2.24. The summed E-state index contributed by atoms with van der Waals surface area (Å²) in [5.74, 6) is -0.441. The number of pyridine rings is 1. The number of amides is 1. The van der Waals surface area contributed by atoms with E-state index in [1.54, 1.807) is 24.4 Å². The molecule has 1 N–H and O–H groups in total. The van der Waals surface area contributed by atoms with Crippen LogP contribution in [-0.4, -0.2) is 10.9 Å². The number of rotatable bonds is 4. The van der Waals surface area contributed by atoms with Gasteiger partial charge >= 0.3 is 0 Å². The fourth-order valence-electron chi connectivity index (χ4n) is 2.46. The van der Waals surface area contributed by atoms with Crippen LogP contribution in [-0.2, 0) is 11.3 Å². The number of hydrogen-bond acceptors (Lipinski definition) is 3. The minimum Gasteiger partial charge on any atom is -0.347 e. The molecular weight excluding hydrogens is 334 g/mol. The molecule has 0 radical (unpaired) electrons. The number of carbonyl (C=O) groups excluding carboxylic acids is 1. The Hall–Kier alpha value is -3.16. The summed E-state index contributed by atoms with van der Waals surface area (Å²) in [6.45, 7) is 0.259. The van der Waals surface area contributed by atoms with Gasteiger partial charge in [0.1, 0.15) is 11.6 Å². The van der Waals surface area contributed by atoms with Crippen LogP contribution in [0.3, 0.4) is 0 Å². The van der Waals surface area contributed by atoms with Crippen LogP contribution in [0.25, 0.3) is 17.0 Å². The Morgan fingerprint density at radius 3 is 2.72 bits per heavy atom. The first-order valence-electron chi connectivity index (χ1n) is 7.66. The fraction of sp³-hybridized carbons (Fsp3) is 0.0500. The standard InChI is InChI=1S/C20H14ClN3O/c21-18-7-3-1-5-15(18)13-24-20(25)16(12-22)11-14-9-10-23-19-8-4-2-6-17(14)19/h1-11H,13H2,(H,24,25). The summed E-state index contributed by atoms with van der Waals surface area (Å²) >= 11 is 6.08. The Labute approximate surface area is 150 Å². The van der Waals surface area contributed by atoms with Crippen molar-refractivity contribution in [1.82, 2.24) is 10.3 Å². The summed E-state index contributed by atoms with van der Waals surface area (Å²) < 4.78 is 0. The average molecular weight is 348 g/mol. The van der Waals surface area contributed by atoms with Crippen molar-refractivity contribution in [2.75, 3.05) is 0 Å². The molecular formula is C20H14ClN3O. The molecule has 1 amide bonds. The molecule has 0 bridgehead atoms.